The van der Waals surface area contributed by atoms with Crippen molar-refractivity contribution in [2.24, 2.45) is 0 Å². The van der Waals surface area contributed by atoms with Crippen molar-refractivity contribution in [3.8, 4) is 0 Å². The van der Waals surface area contributed by atoms with Gasteiger partial charge in [-0.15, -0.1) is 0 Å². The number of amides is 5. The third-order valence-corrected chi connectivity index (χ3v) is 7.56. The van der Waals surface area contributed by atoms with Crippen molar-refractivity contribution in [1.29, 1.82) is 0 Å². The number of piperidine rings is 2. The van der Waals surface area contributed by atoms with Gasteiger partial charge in [0.2, 0.25) is 17.7 Å². The second kappa shape index (κ2) is 11.1. The molecule has 3 aliphatic heterocycles. The van der Waals surface area contributed by atoms with E-state index in [1.165, 1.54) is 11.8 Å². The van der Waals surface area contributed by atoms with Crippen molar-refractivity contribution < 1.29 is 29.1 Å². The number of carboxylic acid groups (broad SMARTS) is 1. The van der Waals surface area contributed by atoms with Gasteiger partial charge < -0.3 is 35.8 Å². The van der Waals surface area contributed by atoms with E-state index >= 15 is 0 Å². The highest BCUT2D eigenvalue weighted by molar-refractivity contribution is 5.94. The molecule has 12 nitrogen and oxygen atoms in total. The zero-order valence-electron chi connectivity index (χ0n) is 20.9. The Morgan fingerprint density at radius 1 is 1.11 bits per heavy atom. The van der Waals surface area contributed by atoms with Crippen LogP contribution >= 0.6 is 0 Å². The molecule has 2 atom stereocenters. The number of likely N-dealkylation sites (tertiary alicyclic amines) is 2. The Balaban J connectivity index is 1.32. The minimum atomic E-state index is -1.34. The van der Waals surface area contributed by atoms with Gasteiger partial charge in [-0.3, -0.25) is 14.4 Å². The van der Waals surface area contributed by atoms with Crippen molar-refractivity contribution in [3.05, 3.63) is 30.3 Å². The summed E-state index contributed by atoms with van der Waals surface area (Å²) < 4.78 is 0. The molecule has 1 spiro atoms. The van der Waals surface area contributed by atoms with Crippen LogP contribution in [-0.2, 0) is 19.2 Å². The lowest BCUT2D eigenvalue weighted by atomic mass is 9.85. The number of carboxylic acids is 1. The maximum Gasteiger partial charge on any atom is 0.328 e. The molecular weight excluding hydrogens is 480 g/mol. The molecule has 3 fully saturated rings. The number of rotatable bonds is 6. The summed E-state index contributed by atoms with van der Waals surface area (Å²) in [5.41, 5.74) is 0.193. The molecule has 3 heterocycles. The number of nitrogens with zero attached hydrogens (tertiary/aromatic N) is 3. The maximum atomic E-state index is 12.8. The molecule has 4 rings (SSSR count). The number of hydrogen-bond acceptors (Lipinski definition) is 6. The third-order valence-electron chi connectivity index (χ3n) is 7.56. The number of hydrogen-bond donors (Lipinski definition) is 4. The Bertz CT molecular complexity index is 1040. The quantitative estimate of drug-likeness (QED) is 0.420. The number of nitrogens with one attached hydrogen (secondary N) is 3. The number of benzene rings is 1. The van der Waals surface area contributed by atoms with Crippen LogP contribution in [0.1, 0.15) is 39.0 Å². The van der Waals surface area contributed by atoms with Gasteiger partial charge in [0.15, 0.2) is 0 Å². The van der Waals surface area contributed by atoms with Gasteiger partial charge in [0, 0.05) is 32.2 Å². The Labute approximate surface area is 215 Å². The van der Waals surface area contributed by atoms with E-state index in [1.807, 2.05) is 35.2 Å². The Morgan fingerprint density at radius 3 is 2.46 bits per heavy atom. The van der Waals surface area contributed by atoms with Crippen LogP contribution in [0.5, 0.6) is 0 Å². The van der Waals surface area contributed by atoms with Gasteiger partial charge in [-0.2, -0.15) is 0 Å². The molecule has 200 valence electrons. The molecule has 4 N–H and O–H groups in total. The van der Waals surface area contributed by atoms with E-state index in [2.05, 4.69) is 16.0 Å². The first-order chi connectivity index (χ1) is 17.7. The summed E-state index contributed by atoms with van der Waals surface area (Å²) in [5.74, 6) is -2.11. The number of carbonyl (C=O) groups excluding carboxylic acids is 4. The molecule has 12 heteroatoms. The van der Waals surface area contributed by atoms with Gasteiger partial charge in [0.25, 0.3) is 0 Å². The molecular formula is C25H34N6O6. The lowest BCUT2D eigenvalue weighted by molar-refractivity contribution is -0.145. The van der Waals surface area contributed by atoms with Crippen LogP contribution in [0.3, 0.4) is 0 Å². The van der Waals surface area contributed by atoms with E-state index in [4.69, 9.17) is 0 Å². The summed E-state index contributed by atoms with van der Waals surface area (Å²) >= 11 is 0. The Morgan fingerprint density at radius 2 is 1.81 bits per heavy atom. The normalized spacial score (nSPS) is 21.8. The minimum absolute atomic E-state index is 0.0626. The highest BCUT2D eigenvalue weighted by atomic mass is 16.4. The lowest BCUT2D eigenvalue weighted by Gasteiger charge is -2.43. The van der Waals surface area contributed by atoms with Crippen LogP contribution in [0.15, 0.2) is 30.3 Å². The van der Waals surface area contributed by atoms with Crippen LogP contribution in [0.4, 0.5) is 10.5 Å². The largest absolute Gasteiger partial charge is 0.480 e. The van der Waals surface area contributed by atoms with Crippen LogP contribution < -0.4 is 20.9 Å². The first-order valence-corrected chi connectivity index (χ1v) is 12.7. The van der Waals surface area contributed by atoms with Gasteiger partial charge in [-0.05, 0) is 44.2 Å². The summed E-state index contributed by atoms with van der Waals surface area (Å²) in [6.45, 7) is 2.59. The monoisotopic (exact) mass is 514 g/mol. The smallest absolute Gasteiger partial charge is 0.328 e. The molecule has 0 saturated carbocycles. The van der Waals surface area contributed by atoms with Crippen LogP contribution in [-0.4, -0.2) is 95.1 Å². The molecule has 3 aliphatic rings. The van der Waals surface area contributed by atoms with Crippen LogP contribution in [0.2, 0.25) is 0 Å². The minimum Gasteiger partial charge on any atom is -0.480 e. The summed E-state index contributed by atoms with van der Waals surface area (Å²) in [7, 11) is 0. The second-order valence-corrected chi connectivity index (χ2v) is 9.76. The van der Waals surface area contributed by atoms with E-state index in [0.29, 0.717) is 45.6 Å². The standard InChI is InChI=1S/C25H34N6O6/c1-17(32)30-12-6-5-9-20(30)21(33)28-19(22(34)35)15-26-24(37)29-13-10-25(11-14-29)23(36)27-16-31(25)18-7-3-2-4-8-18/h2-4,7-8,19-20H,5-6,9-16H2,1H3,(H,26,37)(H,27,36)(H,28,33)(H,34,35). The van der Waals surface area contributed by atoms with E-state index in [9.17, 15) is 29.1 Å². The fourth-order valence-electron chi connectivity index (χ4n) is 5.46. The molecule has 0 bridgehead atoms. The highest BCUT2D eigenvalue weighted by Crippen LogP contribution is 2.36. The molecule has 2 unspecified atom stereocenters. The predicted molar refractivity (Wildman–Crippen MR) is 133 cm³/mol. The number of carbonyl (C=O) groups is 5. The first-order valence-electron chi connectivity index (χ1n) is 12.7. The van der Waals surface area contributed by atoms with Gasteiger partial charge in [-0.25, -0.2) is 9.59 Å². The topological polar surface area (TPSA) is 151 Å². The van der Waals surface area contributed by atoms with E-state index in [-0.39, 0.29) is 18.4 Å². The third kappa shape index (κ3) is 5.47. The Kier molecular flexibility index (Phi) is 7.84. The van der Waals surface area contributed by atoms with Crippen LogP contribution in [0, 0.1) is 0 Å². The number of anilines is 1. The molecule has 1 aromatic rings. The van der Waals surface area contributed by atoms with Crippen LogP contribution in [0.25, 0.3) is 0 Å². The number of aliphatic carboxylic acids is 1. The zero-order chi connectivity index (χ0) is 26.6. The zero-order valence-corrected chi connectivity index (χ0v) is 20.9. The summed E-state index contributed by atoms with van der Waals surface area (Å²) in [6, 6.07) is 7.13. The number of urea groups is 1. The fraction of sp³-hybridized carbons (Fsp3) is 0.560. The van der Waals surface area contributed by atoms with Crippen molar-refractivity contribution in [3.63, 3.8) is 0 Å². The van der Waals surface area contributed by atoms with Gasteiger partial charge in [-0.1, -0.05) is 18.2 Å². The van der Waals surface area contributed by atoms with Gasteiger partial charge in [0.1, 0.15) is 17.6 Å². The highest BCUT2D eigenvalue weighted by Gasteiger charge is 2.50. The molecule has 37 heavy (non-hydrogen) atoms. The van der Waals surface area contributed by atoms with Crippen molar-refractivity contribution in [2.75, 3.05) is 37.7 Å². The average Bonchev–Trinajstić information content (AvgIpc) is 3.21. The first kappa shape index (κ1) is 26.2. The maximum absolute atomic E-state index is 12.8. The molecule has 0 aromatic heterocycles. The molecule has 1 aromatic carbocycles. The van der Waals surface area contributed by atoms with E-state index < -0.39 is 35.5 Å². The Hall–Kier alpha value is -3.83. The van der Waals surface area contributed by atoms with Crippen molar-refractivity contribution >= 4 is 35.4 Å². The van der Waals surface area contributed by atoms with Gasteiger partial charge >= 0.3 is 12.0 Å². The summed E-state index contributed by atoms with van der Waals surface area (Å²) in [6.07, 6.45) is 2.90. The average molecular weight is 515 g/mol. The van der Waals surface area contributed by atoms with Gasteiger partial charge in [0.05, 0.1) is 13.2 Å². The number of para-hydroxylation sites is 1. The summed E-state index contributed by atoms with van der Waals surface area (Å²) in [4.78, 5) is 67.1. The van der Waals surface area contributed by atoms with E-state index in [0.717, 1.165) is 18.5 Å². The lowest BCUT2D eigenvalue weighted by Crippen LogP contribution is -2.60. The molecule has 0 radical (unpaired) electrons. The van der Waals surface area contributed by atoms with Crippen molar-refractivity contribution in [2.45, 2.75) is 56.7 Å². The van der Waals surface area contributed by atoms with Crippen molar-refractivity contribution in [1.82, 2.24) is 25.8 Å². The van der Waals surface area contributed by atoms with E-state index in [1.54, 1.807) is 4.90 Å². The molecule has 3 saturated heterocycles. The SMILES string of the molecule is CC(=O)N1CCCCC1C(=O)NC(CNC(=O)N1CCC2(CC1)C(=O)NCN2c1ccccc1)C(=O)O. The predicted octanol–water partition coefficient (Wildman–Crippen LogP) is 0.0949. The second-order valence-electron chi connectivity index (χ2n) is 9.76. The molecule has 0 aliphatic carbocycles. The fourth-order valence-corrected chi connectivity index (χ4v) is 5.46. The summed E-state index contributed by atoms with van der Waals surface area (Å²) in [5, 5.41) is 17.6. The molecule has 5 amide bonds.